The van der Waals surface area contributed by atoms with Crippen LogP contribution in [0.4, 0.5) is 4.39 Å². The molecule has 0 fully saturated rings. The van der Waals surface area contributed by atoms with Crippen molar-refractivity contribution in [1.82, 2.24) is 5.32 Å². The third-order valence-electron chi connectivity index (χ3n) is 2.51. The molecule has 1 rings (SSSR count). The van der Waals surface area contributed by atoms with E-state index >= 15 is 0 Å². The molecule has 3 heteroatoms. The molecule has 0 amide bonds. The molecule has 1 N–H and O–H groups in total. The highest BCUT2D eigenvalue weighted by atomic mass is 35.5. The number of unbranched alkanes of at least 4 members (excludes halogenated alkanes) is 3. The number of hydrogen-bond acceptors (Lipinski definition) is 1. The van der Waals surface area contributed by atoms with Crippen LogP contribution >= 0.6 is 11.6 Å². The van der Waals surface area contributed by atoms with E-state index in [-0.39, 0.29) is 5.82 Å². The van der Waals surface area contributed by atoms with E-state index in [2.05, 4.69) is 5.32 Å². The van der Waals surface area contributed by atoms with Gasteiger partial charge in [-0.3, -0.25) is 0 Å². The van der Waals surface area contributed by atoms with Gasteiger partial charge >= 0.3 is 0 Å². The molecule has 90 valence electrons. The Kier molecular flexibility index (Phi) is 7.19. The van der Waals surface area contributed by atoms with Crippen molar-refractivity contribution in [2.75, 3.05) is 12.4 Å². The molecule has 0 saturated heterocycles. The molecule has 0 radical (unpaired) electrons. The van der Waals surface area contributed by atoms with Crippen LogP contribution in [0.25, 0.3) is 0 Å². The zero-order valence-corrected chi connectivity index (χ0v) is 10.3. The molecule has 0 aromatic heterocycles. The molecule has 0 spiro atoms. The van der Waals surface area contributed by atoms with Crippen molar-refractivity contribution in [2.45, 2.75) is 32.2 Å². The Morgan fingerprint density at radius 1 is 1.06 bits per heavy atom. The number of nitrogens with one attached hydrogen (secondary N) is 1. The lowest BCUT2D eigenvalue weighted by Gasteiger charge is -2.05. The van der Waals surface area contributed by atoms with E-state index in [1.165, 1.54) is 18.9 Å². The quantitative estimate of drug-likeness (QED) is 0.542. The fraction of sp³-hybridized carbons (Fsp3) is 0.538. The van der Waals surface area contributed by atoms with Crippen LogP contribution < -0.4 is 5.32 Å². The summed E-state index contributed by atoms with van der Waals surface area (Å²) in [6.45, 7) is 1.55. The van der Waals surface area contributed by atoms with E-state index < -0.39 is 0 Å². The van der Waals surface area contributed by atoms with Gasteiger partial charge in [0.2, 0.25) is 0 Å². The van der Waals surface area contributed by atoms with Gasteiger partial charge in [0.25, 0.3) is 0 Å². The molecule has 0 saturated carbocycles. The third-order valence-corrected chi connectivity index (χ3v) is 2.78. The largest absolute Gasteiger partial charge is 0.313 e. The van der Waals surface area contributed by atoms with Crippen LogP contribution in [0.3, 0.4) is 0 Å². The Morgan fingerprint density at radius 3 is 2.56 bits per heavy atom. The van der Waals surface area contributed by atoms with Gasteiger partial charge in [0, 0.05) is 18.0 Å². The van der Waals surface area contributed by atoms with Gasteiger partial charge in [-0.25, -0.2) is 4.39 Å². The second-order valence-electron chi connectivity index (χ2n) is 3.87. The van der Waals surface area contributed by atoms with Gasteiger partial charge < -0.3 is 5.32 Å². The van der Waals surface area contributed by atoms with Gasteiger partial charge in [0.05, 0.1) is 0 Å². The highest BCUT2D eigenvalue weighted by Crippen LogP contribution is 2.05. The third kappa shape index (κ3) is 5.47. The lowest BCUT2D eigenvalue weighted by atomic mass is 10.2. The maximum absolute atomic E-state index is 13.2. The monoisotopic (exact) mass is 243 g/mol. The number of rotatable bonds is 8. The van der Waals surface area contributed by atoms with Gasteiger partial charge in [-0.1, -0.05) is 31.0 Å². The fourth-order valence-corrected chi connectivity index (χ4v) is 1.75. The molecule has 1 nitrogen and oxygen atoms in total. The standard InChI is InChI=1S/C13H19ClFN/c14-9-5-1-2-6-10-16-11-12-7-3-4-8-13(12)15/h3-4,7-8,16H,1-2,5-6,9-11H2. The SMILES string of the molecule is Fc1ccccc1CNCCCCCCCl. The zero-order chi connectivity index (χ0) is 11.6. The first-order valence-corrected chi connectivity index (χ1v) is 6.38. The topological polar surface area (TPSA) is 12.0 Å². The van der Waals surface area contributed by atoms with Crippen molar-refractivity contribution < 1.29 is 4.39 Å². The molecule has 0 atom stereocenters. The maximum Gasteiger partial charge on any atom is 0.127 e. The van der Waals surface area contributed by atoms with E-state index in [9.17, 15) is 4.39 Å². The second kappa shape index (κ2) is 8.54. The lowest BCUT2D eigenvalue weighted by Crippen LogP contribution is -2.15. The van der Waals surface area contributed by atoms with Crippen molar-refractivity contribution >= 4 is 11.6 Å². The summed E-state index contributed by atoms with van der Waals surface area (Å²) in [7, 11) is 0. The van der Waals surface area contributed by atoms with Crippen LogP contribution in [0.15, 0.2) is 24.3 Å². The Morgan fingerprint density at radius 2 is 1.81 bits per heavy atom. The highest BCUT2D eigenvalue weighted by Gasteiger charge is 1.98. The number of benzene rings is 1. The Balaban J connectivity index is 2.05. The predicted molar refractivity (Wildman–Crippen MR) is 67.3 cm³/mol. The lowest BCUT2D eigenvalue weighted by molar-refractivity contribution is 0.568. The van der Waals surface area contributed by atoms with Crippen LogP contribution in [-0.4, -0.2) is 12.4 Å². The van der Waals surface area contributed by atoms with Gasteiger partial charge in [0.1, 0.15) is 5.82 Å². The Hall–Kier alpha value is -0.600. The molecule has 0 unspecified atom stereocenters. The molecule has 1 aromatic carbocycles. The van der Waals surface area contributed by atoms with E-state index in [4.69, 9.17) is 11.6 Å². The number of halogens is 2. The summed E-state index contributed by atoms with van der Waals surface area (Å²) in [6, 6.07) is 6.89. The minimum absolute atomic E-state index is 0.128. The first kappa shape index (κ1) is 13.5. The Bertz CT molecular complexity index is 291. The fourth-order valence-electron chi connectivity index (χ4n) is 1.56. The molecule has 0 bridgehead atoms. The normalized spacial score (nSPS) is 10.6. The van der Waals surface area contributed by atoms with Gasteiger partial charge in [-0.05, 0) is 25.5 Å². The number of alkyl halides is 1. The van der Waals surface area contributed by atoms with Crippen LogP contribution in [0.2, 0.25) is 0 Å². The van der Waals surface area contributed by atoms with E-state index in [1.807, 2.05) is 12.1 Å². The minimum atomic E-state index is -0.128. The summed E-state index contributed by atoms with van der Waals surface area (Å²) < 4.78 is 13.2. The van der Waals surface area contributed by atoms with Gasteiger partial charge in [-0.15, -0.1) is 11.6 Å². The van der Waals surface area contributed by atoms with Gasteiger partial charge in [0.15, 0.2) is 0 Å². The molecule has 0 aliphatic heterocycles. The summed E-state index contributed by atoms with van der Waals surface area (Å²) in [5.41, 5.74) is 0.739. The maximum atomic E-state index is 13.2. The first-order chi connectivity index (χ1) is 7.84. The average molecular weight is 244 g/mol. The Labute approximate surface area is 102 Å². The zero-order valence-electron chi connectivity index (χ0n) is 9.52. The van der Waals surface area contributed by atoms with E-state index in [1.54, 1.807) is 6.07 Å². The van der Waals surface area contributed by atoms with Crippen LogP contribution in [0.1, 0.15) is 31.2 Å². The predicted octanol–water partition coefficient (Wildman–Crippen LogP) is 3.71. The first-order valence-electron chi connectivity index (χ1n) is 5.84. The summed E-state index contributed by atoms with van der Waals surface area (Å²) in [5, 5.41) is 3.25. The van der Waals surface area contributed by atoms with Crippen LogP contribution in [0, 0.1) is 5.82 Å². The molecular weight excluding hydrogens is 225 g/mol. The minimum Gasteiger partial charge on any atom is -0.313 e. The molecular formula is C13H19ClFN. The summed E-state index contributed by atoms with van der Waals surface area (Å²) in [5.74, 6) is 0.625. The molecule has 16 heavy (non-hydrogen) atoms. The van der Waals surface area contributed by atoms with Crippen molar-refractivity contribution in [1.29, 1.82) is 0 Å². The molecule has 0 heterocycles. The molecule has 0 aliphatic rings. The average Bonchev–Trinajstić information content (AvgIpc) is 2.30. The molecule has 0 aliphatic carbocycles. The van der Waals surface area contributed by atoms with E-state index in [0.29, 0.717) is 6.54 Å². The van der Waals surface area contributed by atoms with Crippen LogP contribution in [0.5, 0.6) is 0 Å². The number of hydrogen-bond donors (Lipinski definition) is 1. The van der Waals surface area contributed by atoms with Crippen molar-refractivity contribution in [3.8, 4) is 0 Å². The van der Waals surface area contributed by atoms with E-state index in [0.717, 1.165) is 30.8 Å². The summed E-state index contributed by atoms with van der Waals surface area (Å²) >= 11 is 5.58. The van der Waals surface area contributed by atoms with Crippen molar-refractivity contribution in [3.63, 3.8) is 0 Å². The van der Waals surface area contributed by atoms with Crippen LogP contribution in [-0.2, 0) is 6.54 Å². The molecule has 1 aromatic rings. The summed E-state index contributed by atoms with van der Waals surface area (Å²) in [4.78, 5) is 0. The van der Waals surface area contributed by atoms with Crippen molar-refractivity contribution in [2.24, 2.45) is 0 Å². The van der Waals surface area contributed by atoms with Gasteiger partial charge in [-0.2, -0.15) is 0 Å². The smallest absolute Gasteiger partial charge is 0.127 e. The van der Waals surface area contributed by atoms with Crippen molar-refractivity contribution in [3.05, 3.63) is 35.6 Å². The summed E-state index contributed by atoms with van der Waals surface area (Å²) in [6.07, 6.45) is 4.60. The second-order valence-corrected chi connectivity index (χ2v) is 4.25. The highest BCUT2D eigenvalue weighted by molar-refractivity contribution is 6.17.